The zero-order chi connectivity index (χ0) is 13.5. The zero-order valence-electron chi connectivity index (χ0n) is 11.9. The van der Waals surface area contributed by atoms with Gasteiger partial charge in [0.25, 0.3) is 0 Å². The van der Waals surface area contributed by atoms with Crippen molar-refractivity contribution in [3.8, 4) is 5.75 Å². The molecule has 4 heteroatoms. The first-order valence-corrected chi connectivity index (χ1v) is 7.20. The molecule has 0 aliphatic carbocycles. The van der Waals surface area contributed by atoms with E-state index in [-0.39, 0.29) is 6.04 Å². The number of nitrogens with one attached hydrogen (secondary N) is 1. The Kier molecular flexibility index (Phi) is 5.61. The topological polar surface area (TPSA) is 43.4 Å². The third-order valence-corrected chi connectivity index (χ3v) is 3.48. The van der Waals surface area contributed by atoms with Crippen molar-refractivity contribution < 1.29 is 9.47 Å². The van der Waals surface area contributed by atoms with E-state index in [4.69, 9.17) is 9.47 Å². The normalized spacial score (nSPS) is 20.4. The molecule has 2 heterocycles. The molecule has 4 nitrogen and oxygen atoms in total. The molecule has 1 aliphatic heterocycles. The number of aromatic nitrogens is 1. The van der Waals surface area contributed by atoms with Crippen LogP contribution in [-0.4, -0.2) is 31.3 Å². The van der Waals surface area contributed by atoms with E-state index in [9.17, 15) is 0 Å². The Hall–Kier alpha value is -1.13. The summed E-state index contributed by atoms with van der Waals surface area (Å²) >= 11 is 0. The molecular formula is C15H24N2O2. The minimum Gasteiger partial charge on any atom is -0.492 e. The summed E-state index contributed by atoms with van der Waals surface area (Å²) in [5.41, 5.74) is 1.17. The van der Waals surface area contributed by atoms with Crippen molar-refractivity contribution in [1.29, 1.82) is 0 Å². The molecule has 1 saturated heterocycles. The Morgan fingerprint density at radius 2 is 2.42 bits per heavy atom. The van der Waals surface area contributed by atoms with Crippen LogP contribution in [0.25, 0.3) is 0 Å². The number of pyridine rings is 1. The van der Waals surface area contributed by atoms with E-state index in [1.807, 2.05) is 13.2 Å². The number of rotatable bonds is 7. The molecule has 0 aromatic carbocycles. The summed E-state index contributed by atoms with van der Waals surface area (Å²) < 4.78 is 11.3. The highest BCUT2D eigenvalue weighted by atomic mass is 16.5. The highest BCUT2D eigenvalue weighted by Crippen LogP contribution is 2.26. The fourth-order valence-electron chi connectivity index (χ4n) is 2.44. The van der Waals surface area contributed by atoms with Crippen molar-refractivity contribution in [2.24, 2.45) is 0 Å². The van der Waals surface area contributed by atoms with Crippen LogP contribution in [0.3, 0.4) is 0 Å². The quantitative estimate of drug-likeness (QED) is 0.822. The Bertz CT molecular complexity index is 378. The number of hydrogen-bond acceptors (Lipinski definition) is 4. The number of ether oxygens (including phenoxy) is 2. The van der Waals surface area contributed by atoms with Gasteiger partial charge in [-0.2, -0.15) is 0 Å². The van der Waals surface area contributed by atoms with Crippen LogP contribution in [0.2, 0.25) is 0 Å². The Labute approximate surface area is 115 Å². The molecule has 0 radical (unpaired) electrons. The summed E-state index contributed by atoms with van der Waals surface area (Å²) in [6.07, 6.45) is 8.41. The second kappa shape index (κ2) is 7.46. The zero-order valence-corrected chi connectivity index (χ0v) is 11.9. The van der Waals surface area contributed by atoms with Gasteiger partial charge in [0, 0.05) is 18.8 Å². The van der Waals surface area contributed by atoms with E-state index in [0.717, 1.165) is 38.2 Å². The average Bonchev–Trinajstić information content (AvgIpc) is 2.96. The Morgan fingerprint density at radius 1 is 1.53 bits per heavy atom. The summed E-state index contributed by atoms with van der Waals surface area (Å²) in [4.78, 5) is 4.28. The molecule has 1 N–H and O–H groups in total. The minimum atomic E-state index is 0.278. The van der Waals surface area contributed by atoms with Gasteiger partial charge in [-0.3, -0.25) is 4.98 Å². The lowest BCUT2D eigenvalue weighted by molar-refractivity contribution is 0.0953. The van der Waals surface area contributed by atoms with Crippen LogP contribution in [0.5, 0.6) is 5.75 Å². The first kappa shape index (κ1) is 14.3. The predicted octanol–water partition coefficient (Wildman–Crippen LogP) is 2.70. The van der Waals surface area contributed by atoms with Crippen molar-refractivity contribution in [3.05, 3.63) is 24.0 Å². The van der Waals surface area contributed by atoms with Gasteiger partial charge in [0.05, 0.1) is 18.9 Å². The smallest absolute Gasteiger partial charge is 0.137 e. The number of hydrogen-bond donors (Lipinski definition) is 1. The largest absolute Gasteiger partial charge is 0.492 e. The number of nitrogens with zero attached hydrogens (tertiary/aromatic N) is 1. The molecule has 1 aliphatic rings. The van der Waals surface area contributed by atoms with Gasteiger partial charge in [0.1, 0.15) is 5.75 Å². The van der Waals surface area contributed by atoms with Gasteiger partial charge in [0.15, 0.2) is 0 Å². The second-order valence-corrected chi connectivity index (χ2v) is 5.01. The average molecular weight is 264 g/mol. The van der Waals surface area contributed by atoms with Crippen LogP contribution in [0.15, 0.2) is 18.5 Å². The minimum absolute atomic E-state index is 0.278. The summed E-state index contributed by atoms with van der Waals surface area (Å²) in [7, 11) is 1.99. The lowest BCUT2D eigenvalue weighted by Crippen LogP contribution is -2.22. The van der Waals surface area contributed by atoms with Crippen molar-refractivity contribution in [2.75, 3.05) is 20.3 Å². The fraction of sp³-hybridized carbons (Fsp3) is 0.667. The van der Waals surface area contributed by atoms with Gasteiger partial charge < -0.3 is 14.8 Å². The van der Waals surface area contributed by atoms with Crippen molar-refractivity contribution >= 4 is 0 Å². The summed E-state index contributed by atoms with van der Waals surface area (Å²) in [5, 5.41) is 3.35. The van der Waals surface area contributed by atoms with Gasteiger partial charge >= 0.3 is 0 Å². The maximum absolute atomic E-state index is 5.71. The molecule has 2 unspecified atom stereocenters. The highest BCUT2D eigenvalue weighted by molar-refractivity contribution is 5.26. The van der Waals surface area contributed by atoms with Crippen LogP contribution in [0, 0.1) is 0 Å². The van der Waals surface area contributed by atoms with Crippen molar-refractivity contribution in [3.63, 3.8) is 0 Å². The molecule has 0 bridgehead atoms. The van der Waals surface area contributed by atoms with Crippen LogP contribution in [0.1, 0.15) is 44.2 Å². The predicted molar refractivity (Wildman–Crippen MR) is 75.4 cm³/mol. The summed E-state index contributed by atoms with van der Waals surface area (Å²) in [6, 6.07) is 2.36. The molecule has 2 atom stereocenters. The monoisotopic (exact) mass is 264 g/mol. The first-order chi connectivity index (χ1) is 9.33. The third-order valence-electron chi connectivity index (χ3n) is 3.48. The van der Waals surface area contributed by atoms with Gasteiger partial charge in [-0.15, -0.1) is 0 Å². The molecule has 1 aromatic rings. The first-order valence-electron chi connectivity index (χ1n) is 7.20. The molecule has 1 fully saturated rings. The SMILES string of the molecule is CCCOc1cncc(C(CC2CCCO2)NC)c1. The van der Waals surface area contributed by atoms with Crippen LogP contribution in [-0.2, 0) is 4.74 Å². The maximum atomic E-state index is 5.71. The lowest BCUT2D eigenvalue weighted by atomic mass is 10.0. The lowest BCUT2D eigenvalue weighted by Gasteiger charge is -2.20. The van der Waals surface area contributed by atoms with Gasteiger partial charge in [-0.25, -0.2) is 0 Å². The molecular weight excluding hydrogens is 240 g/mol. The van der Waals surface area contributed by atoms with E-state index >= 15 is 0 Å². The molecule has 0 spiro atoms. The van der Waals surface area contributed by atoms with Crippen LogP contribution < -0.4 is 10.1 Å². The van der Waals surface area contributed by atoms with Gasteiger partial charge in [-0.05, 0) is 44.4 Å². The van der Waals surface area contributed by atoms with Gasteiger partial charge in [-0.1, -0.05) is 6.92 Å². The van der Waals surface area contributed by atoms with Gasteiger partial charge in [0.2, 0.25) is 0 Å². The summed E-state index contributed by atoms with van der Waals surface area (Å²) in [5.74, 6) is 0.854. The Morgan fingerprint density at radius 3 is 3.11 bits per heavy atom. The van der Waals surface area contributed by atoms with E-state index < -0.39 is 0 Å². The highest BCUT2D eigenvalue weighted by Gasteiger charge is 2.21. The molecule has 1 aromatic heterocycles. The van der Waals surface area contributed by atoms with E-state index in [2.05, 4.69) is 23.3 Å². The molecule has 2 rings (SSSR count). The van der Waals surface area contributed by atoms with Crippen LogP contribution in [0.4, 0.5) is 0 Å². The fourth-order valence-corrected chi connectivity index (χ4v) is 2.44. The third kappa shape index (κ3) is 4.18. The summed E-state index contributed by atoms with van der Waals surface area (Å²) in [6.45, 7) is 3.74. The Balaban J connectivity index is 2.00. The molecule has 0 saturated carbocycles. The van der Waals surface area contributed by atoms with E-state index in [0.29, 0.717) is 6.10 Å². The molecule has 0 amide bonds. The van der Waals surface area contributed by atoms with E-state index in [1.165, 1.54) is 12.0 Å². The van der Waals surface area contributed by atoms with E-state index in [1.54, 1.807) is 6.20 Å². The standard InChI is InChI=1S/C15H24N2O2/c1-3-6-18-14-8-12(10-17-11-14)15(16-2)9-13-5-4-7-19-13/h8,10-11,13,15-16H,3-7,9H2,1-2H3. The van der Waals surface area contributed by atoms with Crippen molar-refractivity contribution in [2.45, 2.75) is 44.8 Å². The van der Waals surface area contributed by atoms with Crippen LogP contribution >= 0.6 is 0 Å². The maximum Gasteiger partial charge on any atom is 0.137 e. The molecule has 19 heavy (non-hydrogen) atoms. The van der Waals surface area contributed by atoms with Crippen molar-refractivity contribution in [1.82, 2.24) is 10.3 Å². The second-order valence-electron chi connectivity index (χ2n) is 5.01. The molecule has 106 valence electrons.